The molecule has 0 bridgehead atoms. The van der Waals surface area contributed by atoms with E-state index in [1.54, 1.807) is 0 Å². The van der Waals surface area contributed by atoms with E-state index >= 15 is 0 Å². The van der Waals surface area contributed by atoms with E-state index in [2.05, 4.69) is 20.4 Å². The highest BCUT2D eigenvalue weighted by molar-refractivity contribution is 6.06. The number of hydrogen-bond donors (Lipinski definition) is 3. The van der Waals surface area contributed by atoms with Crippen molar-refractivity contribution in [2.24, 2.45) is 4.99 Å². The number of nitrogens with two attached hydrogens (primary N) is 1. The number of nitrogen functional groups attached to an aromatic ring is 1. The topological polar surface area (TPSA) is 140 Å². The summed E-state index contributed by atoms with van der Waals surface area (Å²) in [6, 6.07) is 5.08. The number of halogens is 2. The Hall–Kier alpha value is -4.15. The van der Waals surface area contributed by atoms with Gasteiger partial charge in [-0.3, -0.25) is 19.2 Å². The molecule has 0 fully saturated rings. The minimum Gasteiger partial charge on any atom is -0.456 e. The molecular formula is C20H16F2N4O5. The van der Waals surface area contributed by atoms with Crippen LogP contribution in [-0.4, -0.2) is 30.3 Å². The van der Waals surface area contributed by atoms with E-state index in [1.165, 1.54) is 37.3 Å². The molecule has 0 aromatic heterocycles. The van der Waals surface area contributed by atoms with Crippen LogP contribution >= 0.6 is 0 Å². The Morgan fingerprint density at radius 1 is 1.19 bits per heavy atom. The van der Waals surface area contributed by atoms with Crippen LogP contribution in [-0.2, 0) is 30.3 Å². The van der Waals surface area contributed by atoms with Crippen molar-refractivity contribution in [3.63, 3.8) is 0 Å². The largest absolute Gasteiger partial charge is 0.456 e. The Kier molecular flexibility index (Phi) is 6.05. The molecule has 160 valence electrons. The maximum atomic E-state index is 13.7. The van der Waals surface area contributed by atoms with Crippen LogP contribution in [0.15, 0.2) is 29.3 Å². The molecule has 0 radical (unpaired) electrons. The Bertz CT molecular complexity index is 1200. The van der Waals surface area contributed by atoms with Gasteiger partial charge in [-0.2, -0.15) is 0 Å². The van der Waals surface area contributed by atoms with Crippen LogP contribution in [0.1, 0.15) is 12.5 Å². The number of anilines is 3. The smallest absolute Gasteiger partial charge is 0.303 e. The SMILES string of the molecule is CC(=O)OCC(=O)Nc1cc2c(cc1F)CC(=O)N2.Nc1cc2c(cc1F)=CC(=O)N=2. The predicted molar refractivity (Wildman–Crippen MR) is 105 cm³/mol. The molecule has 0 aliphatic carbocycles. The van der Waals surface area contributed by atoms with Crippen molar-refractivity contribution >= 4 is 46.8 Å². The van der Waals surface area contributed by atoms with Crippen LogP contribution in [0.5, 0.6) is 0 Å². The van der Waals surface area contributed by atoms with Crippen LogP contribution in [0.25, 0.3) is 6.08 Å². The molecule has 0 spiro atoms. The molecule has 0 atom stereocenters. The first-order valence-corrected chi connectivity index (χ1v) is 8.87. The second kappa shape index (κ2) is 8.69. The third-order valence-electron chi connectivity index (χ3n) is 4.15. The van der Waals surface area contributed by atoms with Crippen molar-refractivity contribution in [3.8, 4) is 0 Å². The van der Waals surface area contributed by atoms with Gasteiger partial charge in [0.25, 0.3) is 11.8 Å². The average Bonchev–Trinajstić information content (AvgIpc) is 3.21. The van der Waals surface area contributed by atoms with Crippen LogP contribution in [0, 0.1) is 11.6 Å². The molecule has 3 amide bonds. The molecule has 0 saturated carbocycles. The minimum atomic E-state index is -0.654. The highest BCUT2D eigenvalue weighted by Crippen LogP contribution is 2.28. The van der Waals surface area contributed by atoms with Gasteiger partial charge in [-0.25, -0.2) is 13.8 Å². The molecule has 2 aromatic rings. The molecule has 2 heterocycles. The summed E-state index contributed by atoms with van der Waals surface area (Å²) in [7, 11) is 0. The standard InChI is InChI=1S/C12H11FN2O4.C8H5FN2O/c1-6(16)19-5-12(18)15-10-4-9-7(2-8(10)13)3-11(17)14-9;9-5-1-4-2-8(12)11-7(4)3-6(5)10/h2,4H,3,5H2,1H3,(H,14,17)(H,15,18);1-3H,10H2. The molecule has 0 unspecified atom stereocenters. The van der Waals surface area contributed by atoms with E-state index in [0.29, 0.717) is 21.8 Å². The fourth-order valence-electron chi connectivity index (χ4n) is 2.78. The maximum absolute atomic E-state index is 13.7. The summed E-state index contributed by atoms with van der Waals surface area (Å²) in [6.45, 7) is 0.678. The van der Waals surface area contributed by atoms with Crippen LogP contribution in [0.2, 0.25) is 0 Å². The molecule has 31 heavy (non-hydrogen) atoms. The number of rotatable bonds is 3. The molecule has 2 aliphatic rings. The summed E-state index contributed by atoms with van der Waals surface area (Å²) in [4.78, 5) is 47.4. The number of carbonyl (C=O) groups excluding carboxylic acids is 4. The van der Waals surface area contributed by atoms with Gasteiger partial charge < -0.3 is 21.1 Å². The maximum Gasteiger partial charge on any atom is 0.303 e. The van der Waals surface area contributed by atoms with Gasteiger partial charge in [0.15, 0.2) is 6.61 Å². The van der Waals surface area contributed by atoms with Gasteiger partial charge in [0.2, 0.25) is 5.91 Å². The summed E-state index contributed by atoms with van der Waals surface area (Å²) >= 11 is 0. The number of hydrogen-bond acceptors (Lipinski definition) is 6. The molecule has 0 saturated heterocycles. The molecular weight excluding hydrogens is 414 g/mol. The Balaban J connectivity index is 0.000000194. The number of nitrogens with one attached hydrogen (secondary N) is 2. The minimum absolute atomic E-state index is 0.0144. The van der Waals surface area contributed by atoms with Crippen molar-refractivity contribution in [2.45, 2.75) is 13.3 Å². The van der Waals surface area contributed by atoms with Crippen molar-refractivity contribution in [3.05, 3.63) is 52.0 Å². The number of benzene rings is 2. The van der Waals surface area contributed by atoms with E-state index in [1.807, 2.05) is 0 Å². The lowest BCUT2D eigenvalue weighted by Crippen LogP contribution is -2.22. The van der Waals surface area contributed by atoms with Crippen LogP contribution < -0.4 is 26.9 Å². The fourth-order valence-corrected chi connectivity index (χ4v) is 2.78. The van der Waals surface area contributed by atoms with E-state index in [-0.39, 0.29) is 29.6 Å². The lowest BCUT2D eigenvalue weighted by molar-refractivity contribution is -0.144. The van der Waals surface area contributed by atoms with Gasteiger partial charge in [-0.1, -0.05) is 0 Å². The molecule has 11 heteroatoms. The first-order valence-electron chi connectivity index (χ1n) is 8.87. The number of amides is 3. The second-order valence-corrected chi connectivity index (χ2v) is 6.57. The van der Waals surface area contributed by atoms with Crippen molar-refractivity contribution < 1.29 is 32.7 Å². The van der Waals surface area contributed by atoms with E-state index in [0.717, 1.165) is 0 Å². The number of esters is 1. The number of nitrogens with zero attached hydrogens (tertiary/aromatic N) is 1. The number of carbonyl (C=O) groups is 4. The zero-order valence-electron chi connectivity index (χ0n) is 16.1. The lowest BCUT2D eigenvalue weighted by atomic mass is 10.1. The zero-order valence-corrected chi connectivity index (χ0v) is 16.1. The Labute approximate surface area is 173 Å². The van der Waals surface area contributed by atoms with Crippen molar-refractivity contribution in [2.75, 3.05) is 23.0 Å². The first-order chi connectivity index (χ1) is 14.6. The van der Waals surface area contributed by atoms with E-state index in [9.17, 15) is 28.0 Å². The first kappa shape index (κ1) is 21.6. The molecule has 4 N–H and O–H groups in total. The van der Waals surface area contributed by atoms with Crippen molar-refractivity contribution in [1.29, 1.82) is 0 Å². The fraction of sp³-hybridized carbons (Fsp3) is 0.150. The number of ether oxygens (including phenoxy) is 1. The van der Waals surface area contributed by atoms with Crippen LogP contribution in [0.3, 0.4) is 0 Å². The highest BCUT2D eigenvalue weighted by atomic mass is 19.1. The zero-order chi connectivity index (χ0) is 22.7. The lowest BCUT2D eigenvalue weighted by Gasteiger charge is -2.08. The molecule has 2 aromatic carbocycles. The summed E-state index contributed by atoms with van der Waals surface area (Å²) in [5, 5.41) is 5.75. The second-order valence-electron chi connectivity index (χ2n) is 6.57. The Morgan fingerprint density at radius 3 is 2.65 bits per heavy atom. The normalized spacial score (nSPS) is 13.0. The van der Waals surface area contributed by atoms with Gasteiger partial charge in [-0.05, 0) is 29.8 Å². The predicted octanol–water partition coefficient (Wildman–Crippen LogP) is 0.170. The van der Waals surface area contributed by atoms with E-state index < -0.39 is 30.1 Å². The summed E-state index contributed by atoms with van der Waals surface area (Å²) in [5.41, 5.74) is 6.23. The van der Waals surface area contributed by atoms with Crippen LogP contribution in [0.4, 0.5) is 25.8 Å². The third-order valence-corrected chi connectivity index (χ3v) is 4.15. The highest BCUT2D eigenvalue weighted by Gasteiger charge is 2.21. The molecule has 9 nitrogen and oxygen atoms in total. The molecule has 4 rings (SSSR count). The summed E-state index contributed by atoms with van der Waals surface area (Å²) in [5.74, 6) is -3.01. The van der Waals surface area contributed by atoms with Gasteiger partial charge in [-0.15, -0.1) is 0 Å². The quantitative estimate of drug-likeness (QED) is 0.469. The van der Waals surface area contributed by atoms with Gasteiger partial charge in [0, 0.05) is 23.9 Å². The average molecular weight is 430 g/mol. The van der Waals surface area contributed by atoms with Gasteiger partial charge in [0.05, 0.1) is 23.2 Å². The summed E-state index contributed by atoms with van der Waals surface area (Å²) in [6.07, 6.45) is 1.39. The number of fused-ring (bicyclic) bond motifs is 2. The monoisotopic (exact) mass is 430 g/mol. The Morgan fingerprint density at radius 2 is 1.94 bits per heavy atom. The van der Waals surface area contributed by atoms with E-state index in [4.69, 9.17) is 5.73 Å². The van der Waals surface area contributed by atoms with Gasteiger partial charge in [0.1, 0.15) is 11.6 Å². The molecule has 2 aliphatic heterocycles. The van der Waals surface area contributed by atoms with Gasteiger partial charge >= 0.3 is 5.97 Å². The third kappa shape index (κ3) is 5.26. The summed E-state index contributed by atoms with van der Waals surface area (Å²) < 4.78 is 31.0. The van der Waals surface area contributed by atoms with Crippen molar-refractivity contribution in [1.82, 2.24) is 0 Å².